The SMILES string of the molecule is COc1cncc(-c2ccc(C(=O)CS(=O)(=O)c3cccc(N)n3)c(Oc3c(C)cc(C)cc3C)n2)c1. The summed E-state index contributed by atoms with van der Waals surface area (Å²) in [6.07, 6.45) is 3.17. The van der Waals surface area contributed by atoms with Crippen LogP contribution in [0.25, 0.3) is 11.3 Å². The number of aromatic nitrogens is 3. The van der Waals surface area contributed by atoms with Crippen molar-refractivity contribution in [1.29, 1.82) is 0 Å². The Kier molecular flexibility index (Phi) is 7.21. The van der Waals surface area contributed by atoms with Crippen LogP contribution in [0.1, 0.15) is 27.0 Å². The van der Waals surface area contributed by atoms with Crippen molar-refractivity contribution in [2.75, 3.05) is 18.6 Å². The van der Waals surface area contributed by atoms with Gasteiger partial charge >= 0.3 is 0 Å². The summed E-state index contributed by atoms with van der Waals surface area (Å²) >= 11 is 0. The second kappa shape index (κ2) is 10.4. The molecule has 37 heavy (non-hydrogen) atoms. The van der Waals surface area contributed by atoms with Crippen molar-refractivity contribution in [1.82, 2.24) is 15.0 Å². The van der Waals surface area contributed by atoms with Gasteiger partial charge in [0.05, 0.1) is 24.6 Å². The molecule has 0 amide bonds. The lowest BCUT2D eigenvalue weighted by atomic mass is 10.1. The highest BCUT2D eigenvalue weighted by Crippen LogP contribution is 2.33. The zero-order chi connectivity index (χ0) is 26.7. The third-order valence-electron chi connectivity index (χ3n) is 5.59. The van der Waals surface area contributed by atoms with Crippen LogP contribution in [0, 0.1) is 20.8 Å². The number of nitrogen functional groups attached to an aromatic ring is 1. The van der Waals surface area contributed by atoms with Crippen LogP contribution < -0.4 is 15.2 Å². The number of benzene rings is 1. The minimum Gasteiger partial charge on any atom is -0.495 e. The number of ketones is 1. The molecule has 0 fully saturated rings. The Bertz CT molecular complexity index is 1580. The summed E-state index contributed by atoms with van der Waals surface area (Å²) in [6.45, 7) is 5.76. The number of hydrogen-bond acceptors (Lipinski definition) is 9. The number of hydrogen-bond donors (Lipinski definition) is 1. The molecule has 1 aromatic carbocycles. The molecule has 0 bridgehead atoms. The maximum atomic E-state index is 13.3. The molecule has 0 saturated carbocycles. The van der Waals surface area contributed by atoms with Gasteiger partial charge in [-0.2, -0.15) is 0 Å². The summed E-state index contributed by atoms with van der Waals surface area (Å²) in [6, 6.07) is 13.0. The molecule has 0 aliphatic carbocycles. The van der Waals surface area contributed by atoms with Gasteiger partial charge in [0, 0.05) is 11.8 Å². The van der Waals surface area contributed by atoms with Crippen molar-refractivity contribution >= 4 is 21.4 Å². The number of sulfone groups is 1. The van der Waals surface area contributed by atoms with Crippen LogP contribution >= 0.6 is 0 Å². The number of nitrogens with zero attached hydrogens (tertiary/aromatic N) is 3. The Hall–Kier alpha value is -4.31. The Morgan fingerprint density at radius 3 is 2.38 bits per heavy atom. The second-order valence-corrected chi connectivity index (χ2v) is 10.5. The van der Waals surface area contributed by atoms with Gasteiger partial charge in [0.1, 0.15) is 23.1 Å². The van der Waals surface area contributed by atoms with E-state index >= 15 is 0 Å². The van der Waals surface area contributed by atoms with Crippen LogP contribution in [-0.2, 0) is 9.84 Å². The molecule has 9 nitrogen and oxygen atoms in total. The minimum atomic E-state index is -4.06. The molecule has 4 aromatic rings. The minimum absolute atomic E-state index is 0.0175. The van der Waals surface area contributed by atoms with E-state index in [0.717, 1.165) is 16.7 Å². The van der Waals surface area contributed by atoms with Crippen molar-refractivity contribution in [3.8, 4) is 28.6 Å². The predicted molar refractivity (Wildman–Crippen MR) is 140 cm³/mol. The van der Waals surface area contributed by atoms with E-state index in [1.807, 2.05) is 32.9 Å². The summed E-state index contributed by atoms with van der Waals surface area (Å²) in [5.74, 6) is -0.421. The predicted octanol–water partition coefficient (Wildman–Crippen LogP) is 4.50. The number of anilines is 1. The van der Waals surface area contributed by atoms with E-state index in [1.54, 1.807) is 24.5 Å². The average molecular weight is 519 g/mol. The Balaban J connectivity index is 1.78. The maximum Gasteiger partial charge on any atom is 0.230 e. The van der Waals surface area contributed by atoms with Crippen LogP contribution in [0.4, 0.5) is 5.82 Å². The molecule has 0 aliphatic heterocycles. The van der Waals surface area contributed by atoms with Gasteiger partial charge in [-0.1, -0.05) is 23.8 Å². The number of carbonyl (C=O) groups excluding carboxylic acids is 1. The summed E-state index contributed by atoms with van der Waals surface area (Å²) < 4.78 is 37.3. The monoisotopic (exact) mass is 518 g/mol. The number of ether oxygens (including phenoxy) is 2. The van der Waals surface area contributed by atoms with E-state index in [0.29, 0.717) is 22.8 Å². The molecule has 2 N–H and O–H groups in total. The first-order chi connectivity index (χ1) is 17.6. The molecule has 0 unspecified atom stereocenters. The lowest BCUT2D eigenvalue weighted by Gasteiger charge is -2.16. The largest absolute Gasteiger partial charge is 0.495 e. The van der Waals surface area contributed by atoms with Crippen LogP contribution in [0.3, 0.4) is 0 Å². The zero-order valence-corrected chi connectivity index (χ0v) is 21.7. The molecule has 3 heterocycles. The fourth-order valence-corrected chi connectivity index (χ4v) is 5.09. The lowest BCUT2D eigenvalue weighted by molar-refractivity contribution is 0.101. The molecule has 0 spiro atoms. The standard InChI is InChI=1S/C27H26N4O5S/c1-16-10-17(2)26(18(3)11-16)36-27-21(8-9-22(30-27)19-12-20(35-4)14-29-13-19)23(32)15-37(33,34)25-7-5-6-24(28)31-25/h5-14H,15H2,1-4H3,(H2,28,31). The molecule has 4 rings (SSSR count). The molecule has 3 aromatic heterocycles. The van der Waals surface area contributed by atoms with E-state index in [2.05, 4.69) is 15.0 Å². The van der Waals surface area contributed by atoms with Gasteiger partial charge in [-0.05, 0) is 62.2 Å². The fraction of sp³-hybridized carbons (Fsp3) is 0.185. The number of aryl methyl sites for hydroxylation is 3. The smallest absolute Gasteiger partial charge is 0.230 e. The third kappa shape index (κ3) is 5.75. The van der Waals surface area contributed by atoms with Crippen molar-refractivity contribution in [2.45, 2.75) is 25.8 Å². The topological polar surface area (TPSA) is 134 Å². The Morgan fingerprint density at radius 1 is 0.973 bits per heavy atom. The van der Waals surface area contributed by atoms with Crippen molar-refractivity contribution in [3.63, 3.8) is 0 Å². The van der Waals surface area contributed by atoms with Gasteiger partial charge in [0.15, 0.2) is 10.8 Å². The molecular formula is C27H26N4O5S. The highest BCUT2D eigenvalue weighted by atomic mass is 32.2. The molecule has 190 valence electrons. The van der Waals surface area contributed by atoms with Crippen molar-refractivity contribution in [2.24, 2.45) is 0 Å². The van der Waals surface area contributed by atoms with Gasteiger partial charge in [-0.15, -0.1) is 0 Å². The van der Waals surface area contributed by atoms with E-state index in [1.165, 1.54) is 31.4 Å². The van der Waals surface area contributed by atoms with Gasteiger partial charge < -0.3 is 15.2 Å². The molecule has 0 radical (unpaired) electrons. The number of pyridine rings is 3. The van der Waals surface area contributed by atoms with Crippen LogP contribution in [-0.4, -0.2) is 42.0 Å². The summed E-state index contributed by atoms with van der Waals surface area (Å²) in [4.78, 5) is 25.9. The van der Waals surface area contributed by atoms with Gasteiger partial charge in [-0.3, -0.25) is 9.78 Å². The zero-order valence-electron chi connectivity index (χ0n) is 20.8. The van der Waals surface area contributed by atoms with Crippen LogP contribution in [0.15, 0.2) is 66.0 Å². The van der Waals surface area contributed by atoms with Crippen molar-refractivity contribution < 1.29 is 22.7 Å². The second-order valence-electron chi connectivity index (χ2n) is 8.58. The van der Waals surface area contributed by atoms with E-state index in [-0.39, 0.29) is 22.3 Å². The fourth-order valence-electron chi connectivity index (χ4n) is 3.91. The molecule has 0 aliphatic rings. The van der Waals surface area contributed by atoms with E-state index in [9.17, 15) is 13.2 Å². The molecule has 0 saturated heterocycles. The average Bonchev–Trinajstić information content (AvgIpc) is 2.86. The molecule has 0 atom stereocenters. The van der Waals surface area contributed by atoms with Gasteiger partial charge in [0.25, 0.3) is 0 Å². The Labute approximate surface area is 215 Å². The van der Waals surface area contributed by atoms with Gasteiger partial charge in [-0.25, -0.2) is 18.4 Å². The summed E-state index contributed by atoms with van der Waals surface area (Å²) in [7, 11) is -2.53. The van der Waals surface area contributed by atoms with E-state index < -0.39 is 21.4 Å². The number of rotatable bonds is 8. The highest BCUT2D eigenvalue weighted by molar-refractivity contribution is 7.92. The number of nitrogens with two attached hydrogens (primary N) is 1. The highest BCUT2D eigenvalue weighted by Gasteiger charge is 2.26. The van der Waals surface area contributed by atoms with Crippen molar-refractivity contribution in [3.05, 3.63) is 83.2 Å². The first-order valence-corrected chi connectivity index (χ1v) is 13.0. The number of methoxy groups -OCH3 is 1. The Morgan fingerprint density at radius 2 is 1.70 bits per heavy atom. The summed E-state index contributed by atoms with van der Waals surface area (Å²) in [5.41, 5.74) is 9.52. The van der Waals surface area contributed by atoms with Crippen LogP contribution in [0.2, 0.25) is 0 Å². The molecular weight excluding hydrogens is 492 g/mol. The van der Waals surface area contributed by atoms with E-state index in [4.69, 9.17) is 15.2 Å². The first kappa shape index (κ1) is 25.8. The third-order valence-corrected chi connectivity index (χ3v) is 7.10. The van der Waals surface area contributed by atoms with Gasteiger partial charge in [0.2, 0.25) is 15.7 Å². The summed E-state index contributed by atoms with van der Waals surface area (Å²) in [5, 5.41) is -0.277. The maximum absolute atomic E-state index is 13.3. The van der Waals surface area contributed by atoms with Crippen LogP contribution in [0.5, 0.6) is 17.4 Å². The number of Topliss-reactive ketones (excluding diaryl/α,β-unsaturated/α-hetero) is 1. The molecule has 10 heteroatoms. The number of carbonyl (C=O) groups is 1. The lowest BCUT2D eigenvalue weighted by Crippen LogP contribution is -2.19. The first-order valence-electron chi connectivity index (χ1n) is 11.3. The quantitative estimate of drug-likeness (QED) is 0.334. The normalized spacial score (nSPS) is 11.2.